The maximum Gasteiger partial charge on any atom is 0.257 e. The molecule has 21 heavy (non-hydrogen) atoms. The van der Waals surface area contributed by atoms with Crippen molar-refractivity contribution in [3.63, 3.8) is 0 Å². The third kappa shape index (κ3) is 2.72. The van der Waals surface area contributed by atoms with Crippen LogP contribution in [0.1, 0.15) is 29.6 Å². The van der Waals surface area contributed by atoms with Gasteiger partial charge in [-0.3, -0.25) is 9.69 Å². The molecule has 1 aromatic heterocycles. The number of nitrogens with zero attached hydrogens (tertiary/aromatic N) is 3. The topological polar surface area (TPSA) is 48.5 Å². The minimum atomic E-state index is -0.559. The van der Waals surface area contributed by atoms with Gasteiger partial charge in [0.15, 0.2) is 11.6 Å². The van der Waals surface area contributed by atoms with Crippen molar-refractivity contribution in [2.24, 2.45) is 0 Å². The van der Waals surface area contributed by atoms with E-state index < -0.39 is 5.82 Å². The highest BCUT2D eigenvalue weighted by Crippen LogP contribution is 2.23. The van der Waals surface area contributed by atoms with Gasteiger partial charge in [-0.15, -0.1) is 0 Å². The maximum atomic E-state index is 14.2. The van der Waals surface area contributed by atoms with Gasteiger partial charge in [-0.25, -0.2) is 9.37 Å². The molecule has 3 rings (SSSR count). The largest absolute Gasteiger partial charge is 0.371 e. The lowest BCUT2D eigenvalue weighted by molar-refractivity contribution is 0.0369. The van der Waals surface area contributed by atoms with Crippen molar-refractivity contribution < 1.29 is 9.18 Å². The number of carbonyl (C=O) groups is 1. The van der Waals surface area contributed by atoms with Crippen LogP contribution >= 0.6 is 0 Å². The van der Waals surface area contributed by atoms with Crippen LogP contribution in [0, 0.1) is 5.82 Å². The van der Waals surface area contributed by atoms with E-state index in [1.807, 2.05) is 0 Å². The SMILES string of the molecule is CNc1nccc(C(=O)N2CCN3CCCCC3C2)c1F. The van der Waals surface area contributed by atoms with E-state index in [-0.39, 0.29) is 17.3 Å². The molecule has 0 radical (unpaired) electrons. The van der Waals surface area contributed by atoms with Gasteiger partial charge in [-0.1, -0.05) is 6.42 Å². The van der Waals surface area contributed by atoms with E-state index >= 15 is 0 Å². The number of rotatable bonds is 2. The Balaban J connectivity index is 1.76. The molecule has 1 amide bonds. The highest BCUT2D eigenvalue weighted by atomic mass is 19.1. The highest BCUT2D eigenvalue weighted by molar-refractivity contribution is 5.95. The lowest BCUT2D eigenvalue weighted by Crippen LogP contribution is -2.56. The van der Waals surface area contributed by atoms with Crippen molar-refractivity contribution in [1.29, 1.82) is 0 Å². The molecule has 0 saturated carbocycles. The molecule has 3 heterocycles. The number of anilines is 1. The normalized spacial score (nSPS) is 22.8. The number of amides is 1. The van der Waals surface area contributed by atoms with Crippen molar-refractivity contribution >= 4 is 11.7 Å². The van der Waals surface area contributed by atoms with E-state index in [4.69, 9.17) is 0 Å². The molecule has 2 aliphatic heterocycles. The van der Waals surface area contributed by atoms with Crippen LogP contribution in [-0.2, 0) is 0 Å². The van der Waals surface area contributed by atoms with Crippen molar-refractivity contribution in [2.45, 2.75) is 25.3 Å². The Morgan fingerprint density at radius 2 is 2.24 bits per heavy atom. The summed E-state index contributed by atoms with van der Waals surface area (Å²) in [7, 11) is 1.60. The molecule has 6 heteroatoms. The average molecular weight is 292 g/mol. The Bertz CT molecular complexity index is 536. The highest BCUT2D eigenvalue weighted by Gasteiger charge is 2.32. The summed E-state index contributed by atoms with van der Waals surface area (Å²) in [5.74, 6) is -0.662. The Kier molecular flexibility index (Phi) is 4.05. The minimum Gasteiger partial charge on any atom is -0.371 e. The zero-order valence-corrected chi connectivity index (χ0v) is 12.3. The molecule has 0 aliphatic carbocycles. The van der Waals surface area contributed by atoms with Gasteiger partial charge in [0.1, 0.15) is 0 Å². The van der Waals surface area contributed by atoms with Crippen LogP contribution in [0.4, 0.5) is 10.2 Å². The van der Waals surface area contributed by atoms with Gasteiger partial charge in [0.2, 0.25) is 0 Å². The molecule has 2 aliphatic rings. The first-order valence-electron chi connectivity index (χ1n) is 7.56. The number of fused-ring (bicyclic) bond motifs is 1. The lowest BCUT2D eigenvalue weighted by Gasteiger charge is -2.44. The lowest BCUT2D eigenvalue weighted by atomic mass is 9.99. The zero-order chi connectivity index (χ0) is 14.8. The molecule has 1 unspecified atom stereocenters. The second kappa shape index (κ2) is 5.97. The number of nitrogens with one attached hydrogen (secondary N) is 1. The van der Waals surface area contributed by atoms with Crippen LogP contribution in [0.3, 0.4) is 0 Å². The molecule has 0 bridgehead atoms. The summed E-state index contributed by atoms with van der Waals surface area (Å²) in [6.45, 7) is 3.39. The van der Waals surface area contributed by atoms with Gasteiger partial charge in [-0.2, -0.15) is 0 Å². The number of piperazine rings is 1. The summed E-state index contributed by atoms with van der Waals surface area (Å²) in [4.78, 5) is 20.7. The number of pyridine rings is 1. The summed E-state index contributed by atoms with van der Waals surface area (Å²) in [6.07, 6.45) is 5.06. The first-order chi connectivity index (χ1) is 10.2. The number of halogens is 1. The third-order valence-electron chi connectivity index (χ3n) is 4.48. The fraction of sp³-hybridized carbons (Fsp3) is 0.600. The summed E-state index contributed by atoms with van der Waals surface area (Å²) in [5.41, 5.74) is 0.110. The second-order valence-corrected chi connectivity index (χ2v) is 5.71. The number of aromatic nitrogens is 1. The smallest absolute Gasteiger partial charge is 0.257 e. The summed E-state index contributed by atoms with van der Waals surface area (Å²) in [6, 6.07) is 1.90. The van der Waals surface area contributed by atoms with Crippen molar-refractivity contribution in [3.05, 3.63) is 23.6 Å². The van der Waals surface area contributed by atoms with Crippen LogP contribution < -0.4 is 5.32 Å². The standard InChI is InChI=1S/C15H21FN4O/c1-17-14-13(16)12(5-6-18-14)15(21)20-9-8-19-7-3-2-4-11(19)10-20/h5-6,11H,2-4,7-10H2,1H3,(H,17,18). The molecule has 1 N–H and O–H groups in total. The first-order valence-corrected chi connectivity index (χ1v) is 7.56. The van der Waals surface area contributed by atoms with Gasteiger partial charge < -0.3 is 10.2 Å². The predicted molar refractivity (Wildman–Crippen MR) is 78.9 cm³/mol. The van der Waals surface area contributed by atoms with Crippen molar-refractivity contribution in [3.8, 4) is 0 Å². The molecule has 114 valence electrons. The van der Waals surface area contributed by atoms with E-state index in [1.54, 1.807) is 11.9 Å². The van der Waals surface area contributed by atoms with Gasteiger partial charge in [0.05, 0.1) is 5.56 Å². The molecule has 5 nitrogen and oxygen atoms in total. The van der Waals surface area contributed by atoms with Gasteiger partial charge in [-0.05, 0) is 25.5 Å². The van der Waals surface area contributed by atoms with E-state index in [2.05, 4.69) is 15.2 Å². The molecular formula is C15H21FN4O. The van der Waals surface area contributed by atoms with Gasteiger partial charge in [0.25, 0.3) is 5.91 Å². The number of hydrogen-bond acceptors (Lipinski definition) is 4. The Hall–Kier alpha value is -1.69. The minimum absolute atomic E-state index is 0.110. The van der Waals surface area contributed by atoms with Gasteiger partial charge in [0, 0.05) is 38.9 Å². The summed E-state index contributed by atoms with van der Waals surface area (Å²) >= 11 is 0. The molecule has 2 saturated heterocycles. The Morgan fingerprint density at radius 3 is 3.05 bits per heavy atom. The molecular weight excluding hydrogens is 271 g/mol. The molecule has 0 aromatic carbocycles. The number of hydrogen-bond donors (Lipinski definition) is 1. The van der Waals surface area contributed by atoms with Crippen LogP contribution in [0.5, 0.6) is 0 Å². The molecule has 1 atom stereocenters. The number of piperidine rings is 1. The van der Waals surface area contributed by atoms with Gasteiger partial charge >= 0.3 is 0 Å². The molecule has 2 fully saturated rings. The first kappa shape index (κ1) is 14.3. The summed E-state index contributed by atoms with van der Waals surface area (Å²) < 4.78 is 14.2. The Morgan fingerprint density at radius 1 is 1.38 bits per heavy atom. The molecule has 1 aromatic rings. The quantitative estimate of drug-likeness (QED) is 0.899. The number of carbonyl (C=O) groups excluding carboxylic acids is 1. The van der Waals surface area contributed by atoms with E-state index in [9.17, 15) is 9.18 Å². The maximum absolute atomic E-state index is 14.2. The van der Waals surface area contributed by atoms with E-state index in [0.717, 1.165) is 19.5 Å². The monoisotopic (exact) mass is 292 g/mol. The fourth-order valence-electron chi connectivity index (χ4n) is 3.29. The Labute approximate surface area is 124 Å². The van der Waals surface area contributed by atoms with Crippen LogP contribution in [0.2, 0.25) is 0 Å². The predicted octanol–water partition coefficient (Wildman–Crippen LogP) is 1.57. The van der Waals surface area contributed by atoms with Crippen LogP contribution in [-0.4, -0.2) is 60.0 Å². The second-order valence-electron chi connectivity index (χ2n) is 5.71. The molecule has 0 spiro atoms. The van der Waals surface area contributed by atoms with Crippen molar-refractivity contribution in [2.75, 3.05) is 38.5 Å². The van der Waals surface area contributed by atoms with E-state index in [0.29, 0.717) is 19.1 Å². The summed E-state index contributed by atoms with van der Waals surface area (Å²) in [5, 5.41) is 2.67. The van der Waals surface area contributed by atoms with Crippen LogP contribution in [0.15, 0.2) is 12.3 Å². The average Bonchev–Trinajstić information content (AvgIpc) is 2.54. The van der Waals surface area contributed by atoms with E-state index in [1.165, 1.54) is 25.1 Å². The third-order valence-corrected chi connectivity index (χ3v) is 4.48. The van der Waals surface area contributed by atoms with Crippen LogP contribution in [0.25, 0.3) is 0 Å². The van der Waals surface area contributed by atoms with Crippen molar-refractivity contribution in [1.82, 2.24) is 14.8 Å². The fourth-order valence-corrected chi connectivity index (χ4v) is 3.29. The zero-order valence-electron chi connectivity index (χ0n) is 12.3.